The zero-order valence-corrected chi connectivity index (χ0v) is 17.5. The predicted octanol–water partition coefficient (Wildman–Crippen LogP) is 5.75. The molecule has 0 aromatic heterocycles. The summed E-state index contributed by atoms with van der Waals surface area (Å²) in [6.07, 6.45) is -2.21. The van der Waals surface area contributed by atoms with E-state index in [9.17, 15) is 0 Å². The van der Waals surface area contributed by atoms with Gasteiger partial charge in [0.15, 0.2) is 5.17 Å². The molecule has 132 valence electrons. The van der Waals surface area contributed by atoms with Crippen LogP contribution in [0.3, 0.4) is 0 Å². The van der Waals surface area contributed by atoms with Crippen LogP contribution in [0.1, 0.15) is 18.1 Å². The third-order valence-electron chi connectivity index (χ3n) is 4.06. The fourth-order valence-corrected chi connectivity index (χ4v) is 6.79. The molecule has 1 aliphatic heterocycles. The Hall–Kier alpha value is -1.29. The summed E-state index contributed by atoms with van der Waals surface area (Å²) in [5.41, 5.74) is 3.40. The van der Waals surface area contributed by atoms with Crippen LogP contribution < -0.4 is 4.52 Å². The molecule has 1 heterocycles. The van der Waals surface area contributed by atoms with E-state index in [2.05, 4.69) is 43.6 Å². The summed E-state index contributed by atoms with van der Waals surface area (Å²) >= 11 is 7.70. The molecule has 2 aromatic rings. The zero-order chi connectivity index (χ0) is 18.0. The molecule has 2 atom stereocenters. The van der Waals surface area contributed by atoms with Crippen LogP contribution in [0.15, 0.2) is 53.5 Å². The van der Waals surface area contributed by atoms with Crippen LogP contribution in [-0.4, -0.2) is 28.3 Å². The quantitative estimate of drug-likeness (QED) is 0.621. The van der Waals surface area contributed by atoms with E-state index >= 15 is 0 Å². The van der Waals surface area contributed by atoms with Crippen LogP contribution in [0.5, 0.6) is 5.75 Å². The van der Waals surface area contributed by atoms with Gasteiger partial charge in [0.2, 0.25) is 6.42 Å². The first kappa shape index (κ1) is 18.5. The van der Waals surface area contributed by atoms with E-state index in [1.165, 1.54) is 11.1 Å². The zero-order valence-electron chi connectivity index (χ0n) is 15.0. The van der Waals surface area contributed by atoms with Gasteiger partial charge in [-0.2, -0.15) is 0 Å². The van der Waals surface area contributed by atoms with Crippen molar-refractivity contribution in [2.24, 2.45) is 4.99 Å². The molecule has 0 bridgehead atoms. The van der Waals surface area contributed by atoms with Crippen LogP contribution in [0.25, 0.3) is 0 Å². The van der Waals surface area contributed by atoms with Gasteiger partial charge in [0.1, 0.15) is 5.75 Å². The van der Waals surface area contributed by atoms with Crippen LogP contribution in [0, 0.1) is 13.8 Å². The van der Waals surface area contributed by atoms with Gasteiger partial charge >= 0.3 is 0 Å². The molecule has 1 aliphatic rings. The van der Waals surface area contributed by atoms with E-state index < -0.39 is 6.42 Å². The van der Waals surface area contributed by atoms with E-state index in [1.54, 1.807) is 11.8 Å². The van der Waals surface area contributed by atoms with Crippen molar-refractivity contribution in [2.45, 2.75) is 26.0 Å². The number of hydrogen-bond acceptors (Lipinski definition) is 4. The third kappa shape index (κ3) is 4.28. The molecule has 1 saturated heterocycles. The molecular weight excluding hydrogens is 367 g/mol. The molecule has 0 amide bonds. The molecule has 6 heteroatoms. The summed E-state index contributed by atoms with van der Waals surface area (Å²) in [6.45, 7) is 9.32. The van der Waals surface area contributed by atoms with Crippen molar-refractivity contribution in [1.82, 2.24) is 4.67 Å². The number of para-hydroxylation sites is 2. The van der Waals surface area contributed by atoms with Crippen molar-refractivity contribution >= 4 is 40.8 Å². The molecule has 0 radical (unpaired) electrons. The SMILES string of the molecule is Cc1cccc(C)c1N=C1S[C@H](C)CN1[P@](C)(=S)Oc1ccccc1. The fourth-order valence-electron chi connectivity index (χ4n) is 2.79. The number of aryl methyl sites for hydroxylation is 2. The molecular formula is C19H23N2OPS2. The Balaban J connectivity index is 1.94. The summed E-state index contributed by atoms with van der Waals surface area (Å²) in [5, 5.41) is 1.43. The van der Waals surface area contributed by atoms with Crippen LogP contribution in [-0.2, 0) is 11.8 Å². The lowest BCUT2D eigenvalue weighted by molar-refractivity contribution is 0.542. The van der Waals surface area contributed by atoms with Gasteiger partial charge < -0.3 is 4.52 Å². The summed E-state index contributed by atoms with van der Waals surface area (Å²) in [5.74, 6) is 0.823. The number of rotatable bonds is 4. The number of nitrogens with zero attached hydrogens (tertiary/aromatic N) is 2. The lowest BCUT2D eigenvalue weighted by atomic mass is 10.1. The van der Waals surface area contributed by atoms with E-state index in [0.717, 1.165) is 23.1 Å². The second-order valence-corrected chi connectivity index (χ2v) is 12.1. The Bertz CT molecular complexity index is 818. The maximum Gasteiger partial charge on any atom is 0.203 e. The lowest BCUT2D eigenvalue weighted by Crippen LogP contribution is -2.24. The Labute approximate surface area is 159 Å². The Morgan fingerprint density at radius 1 is 1.12 bits per heavy atom. The van der Waals surface area contributed by atoms with Crippen molar-refractivity contribution in [3.05, 3.63) is 59.7 Å². The minimum atomic E-state index is -2.21. The number of amidine groups is 1. The number of aliphatic imine (C=N–C) groups is 1. The minimum Gasteiger partial charge on any atom is -0.449 e. The van der Waals surface area contributed by atoms with Crippen LogP contribution >= 0.6 is 18.2 Å². The number of benzene rings is 2. The van der Waals surface area contributed by atoms with Crippen molar-refractivity contribution in [1.29, 1.82) is 0 Å². The van der Waals surface area contributed by atoms with Crippen molar-refractivity contribution in [3.8, 4) is 5.75 Å². The first-order valence-corrected chi connectivity index (χ1v) is 12.3. The fraction of sp³-hybridized carbons (Fsp3) is 0.316. The average Bonchev–Trinajstić information content (AvgIpc) is 2.93. The average molecular weight is 391 g/mol. The largest absolute Gasteiger partial charge is 0.449 e. The Kier molecular flexibility index (Phi) is 5.57. The standard InChI is InChI=1S/C19H23N2OPS2/c1-14-9-8-10-15(2)18(14)20-19-21(13-16(3)25-19)23(4,24)22-17-11-6-5-7-12-17/h5-12,16H,13H2,1-4H3/t16-,23+/m1/s1. The van der Waals surface area contributed by atoms with Gasteiger partial charge in [-0.05, 0) is 48.9 Å². The maximum absolute atomic E-state index is 6.22. The highest BCUT2D eigenvalue weighted by Gasteiger charge is 2.35. The molecule has 25 heavy (non-hydrogen) atoms. The summed E-state index contributed by atoms with van der Waals surface area (Å²) < 4.78 is 8.43. The predicted molar refractivity (Wildman–Crippen MR) is 114 cm³/mol. The number of hydrogen-bond donors (Lipinski definition) is 0. The molecule has 1 fully saturated rings. The second-order valence-electron chi connectivity index (χ2n) is 6.35. The first-order chi connectivity index (χ1) is 11.9. The first-order valence-electron chi connectivity index (χ1n) is 8.28. The van der Waals surface area contributed by atoms with Crippen molar-refractivity contribution < 1.29 is 4.52 Å². The molecule has 0 saturated carbocycles. The maximum atomic E-state index is 6.22. The van der Waals surface area contributed by atoms with Crippen LogP contribution in [0.2, 0.25) is 0 Å². The van der Waals surface area contributed by atoms with Crippen LogP contribution in [0.4, 0.5) is 5.69 Å². The van der Waals surface area contributed by atoms with Gasteiger partial charge in [-0.25, -0.2) is 4.99 Å². The molecule has 2 aromatic carbocycles. The molecule has 3 rings (SSSR count). The summed E-state index contributed by atoms with van der Waals surface area (Å²) in [4.78, 5) is 4.98. The summed E-state index contributed by atoms with van der Waals surface area (Å²) in [7, 11) is 0. The van der Waals surface area contributed by atoms with E-state index in [-0.39, 0.29) is 0 Å². The third-order valence-corrected chi connectivity index (χ3v) is 7.86. The second kappa shape index (κ2) is 7.53. The van der Waals surface area contributed by atoms with Crippen molar-refractivity contribution in [2.75, 3.05) is 13.2 Å². The number of thioether (sulfide) groups is 1. The highest BCUT2D eigenvalue weighted by atomic mass is 32.4. The van der Waals surface area contributed by atoms with E-state index in [4.69, 9.17) is 21.3 Å². The Morgan fingerprint density at radius 2 is 1.76 bits per heavy atom. The van der Waals surface area contributed by atoms with Gasteiger partial charge in [0.05, 0.1) is 5.69 Å². The molecule has 0 aliphatic carbocycles. The summed E-state index contributed by atoms with van der Waals surface area (Å²) in [6, 6.07) is 16.1. The minimum absolute atomic E-state index is 0.449. The molecule has 0 N–H and O–H groups in total. The molecule has 0 spiro atoms. The van der Waals surface area contributed by atoms with E-state index in [1.807, 2.05) is 37.0 Å². The van der Waals surface area contributed by atoms with Gasteiger partial charge in [-0.3, -0.25) is 4.67 Å². The Morgan fingerprint density at radius 3 is 2.40 bits per heavy atom. The van der Waals surface area contributed by atoms with Gasteiger partial charge in [0.25, 0.3) is 0 Å². The molecule has 3 nitrogen and oxygen atoms in total. The van der Waals surface area contributed by atoms with Crippen molar-refractivity contribution in [3.63, 3.8) is 0 Å². The normalized spacial score (nSPS) is 21.4. The smallest absolute Gasteiger partial charge is 0.203 e. The highest BCUT2D eigenvalue weighted by Crippen LogP contribution is 2.52. The van der Waals surface area contributed by atoms with Gasteiger partial charge in [-0.1, -0.05) is 55.1 Å². The lowest BCUT2D eigenvalue weighted by Gasteiger charge is -2.30. The van der Waals surface area contributed by atoms with E-state index in [0.29, 0.717) is 5.25 Å². The topological polar surface area (TPSA) is 24.8 Å². The molecule has 0 unspecified atom stereocenters. The highest BCUT2D eigenvalue weighted by molar-refractivity contribution is 8.17. The van der Waals surface area contributed by atoms with Gasteiger partial charge in [-0.15, -0.1) is 0 Å². The van der Waals surface area contributed by atoms with Gasteiger partial charge in [0, 0.05) is 18.5 Å². The monoisotopic (exact) mass is 390 g/mol.